The van der Waals surface area contributed by atoms with Crippen LogP contribution in [0, 0.1) is 11.8 Å². The fourth-order valence-electron chi connectivity index (χ4n) is 2.64. The molecule has 0 aromatic carbocycles. The van der Waals surface area contributed by atoms with Crippen molar-refractivity contribution in [2.75, 3.05) is 6.61 Å². The number of carboxylic acids is 1. The molecule has 122 valence electrons. The Morgan fingerprint density at radius 3 is 2.29 bits per heavy atom. The average molecular weight is 299 g/mol. The number of rotatable bonds is 8. The van der Waals surface area contributed by atoms with Gasteiger partial charge in [0.25, 0.3) is 0 Å². The molecule has 21 heavy (non-hydrogen) atoms. The maximum atomic E-state index is 11.8. The topological polar surface area (TPSA) is 75.6 Å². The number of nitrogens with one attached hydrogen (secondary N) is 1. The number of ether oxygens (including phenoxy) is 1. The van der Waals surface area contributed by atoms with Crippen LogP contribution in [0.5, 0.6) is 0 Å². The van der Waals surface area contributed by atoms with Crippen LogP contribution in [0.2, 0.25) is 0 Å². The van der Waals surface area contributed by atoms with Crippen molar-refractivity contribution >= 4 is 11.9 Å². The molecule has 1 aliphatic rings. The van der Waals surface area contributed by atoms with Crippen molar-refractivity contribution in [2.45, 2.75) is 71.4 Å². The molecule has 0 radical (unpaired) electrons. The first-order valence-electron chi connectivity index (χ1n) is 8.02. The Hall–Kier alpha value is -1.10. The van der Waals surface area contributed by atoms with E-state index in [2.05, 4.69) is 19.2 Å². The van der Waals surface area contributed by atoms with E-state index in [1.54, 1.807) is 0 Å². The molecule has 5 nitrogen and oxygen atoms in total. The largest absolute Gasteiger partial charge is 0.481 e. The van der Waals surface area contributed by atoms with Crippen LogP contribution in [0.1, 0.15) is 59.3 Å². The van der Waals surface area contributed by atoms with Gasteiger partial charge in [0.15, 0.2) is 0 Å². The molecule has 0 bridgehead atoms. The van der Waals surface area contributed by atoms with Gasteiger partial charge in [-0.15, -0.1) is 0 Å². The third-order valence-electron chi connectivity index (χ3n) is 4.06. The summed E-state index contributed by atoms with van der Waals surface area (Å²) in [5, 5.41) is 11.9. The van der Waals surface area contributed by atoms with Crippen molar-refractivity contribution < 1.29 is 19.4 Å². The summed E-state index contributed by atoms with van der Waals surface area (Å²) < 4.78 is 5.59. The minimum atomic E-state index is -0.717. The lowest BCUT2D eigenvalue weighted by Crippen LogP contribution is -2.37. The highest BCUT2D eigenvalue weighted by atomic mass is 16.5. The fraction of sp³-hybridized carbons (Fsp3) is 0.875. The molecule has 1 amide bonds. The number of hydrogen-bond donors (Lipinski definition) is 2. The van der Waals surface area contributed by atoms with E-state index in [0.717, 1.165) is 25.7 Å². The summed E-state index contributed by atoms with van der Waals surface area (Å²) in [6.07, 6.45) is 4.85. The van der Waals surface area contributed by atoms with Crippen LogP contribution in [0.3, 0.4) is 0 Å². The van der Waals surface area contributed by atoms with Crippen molar-refractivity contribution in [1.29, 1.82) is 0 Å². The van der Waals surface area contributed by atoms with Crippen LogP contribution in [0.4, 0.5) is 0 Å². The third-order valence-corrected chi connectivity index (χ3v) is 4.06. The smallest absolute Gasteiger partial charge is 0.306 e. The molecule has 1 unspecified atom stereocenters. The highest BCUT2D eigenvalue weighted by molar-refractivity contribution is 5.77. The zero-order valence-electron chi connectivity index (χ0n) is 13.4. The van der Waals surface area contributed by atoms with Crippen molar-refractivity contribution in [1.82, 2.24) is 5.32 Å². The summed E-state index contributed by atoms with van der Waals surface area (Å²) in [5.74, 6) is -0.392. The van der Waals surface area contributed by atoms with Gasteiger partial charge in [-0.25, -0.2) is 0 Å². The number of hydrogen-bond acceptors (Lipinski definition) is 3. The van der Waals surface area contributed by atoms with E-state index in [1.165, 1.54) is 0 Å². The lowest BCUT2D eigenvalue weighted by Gasteiger charge is -2.26. The molecule has 1 fully saturated rings. The van der Waals surface area contributed by atoms with Gasteiger partial charge in [-0.05, 0) is 51.4 Å². The average Bonchev–Trinajstić information content (AvgIpc) is 2.43. The zero-order chi connectivity index (χ0) is 15.8. The van der Waals surface area contributed by atoms with Gasteiger partial charge in [-0.2, -0.15) is 0 Å². The van der Waals surface area contributed by atoms with E-state index in [9.17, 15) is 9.59 Å². The number of amides is 1. The lowest BCUT2D eigenvalue weighted by molar-refractivity contribution is -0.144. The second-order valence-electron chi connectivity index (χ2n) is 6.56. The van der Waals surface area contributed by atoms with E-state index >= 15 is 0 Å². The quantitative estimate of drug-likeness (QED) is 0.722. The van der Waals surface area contributed by atoms with Gasteiger partial charge in [0.2, 0.25) is 5.91 Å². The first-order valence-corrected chi connectivity index (χ1v) is 8.02. The van der Waals surface area contributed by atoms with Crippen molar-refractivity contribution in [2.24, 2.45) is 11.8 Å². The molecule has 1 saturated carbocycles. The van der Waals surface area contributed by atoms with Crippen LogP contribution >= 0.6 is 0 Å². The fourth-order valence-corrected chi connectivity index (χ4v) is 2.64. The number of carbonyl (C=O) groups excluding carboxylic acids is 1. The second-order valence-corrected chi connectivity index (χ2v) is 6.56. The van der Waals surface area contributed by atoms with E-state index in [4.69, 9.17) is 9.84 Å². The highest BCUT2D eigenvalue weighted by Gasteiger charge is 2.26. The monoisotopic (exact) mass is 299 g/mol. The van der Waals surface area contributed by atoms with Crippen molar-refractivity contribution in [3.8, 4) is 0 Å². The summed E-state index contributed by atoms with van der Waals surface area (Å²) >= 11 is 0. The minimum absolute atomic E-state index is 0.0253. The third kappa shape index (κ3) is 7.46. The number of carbonyl (C=O) groups is 2. The molecule has 0 aliphatic heterocycles. The van der Waals surface area contributed by atoms with E-state index in [0.29, 0.717) is 18.8 Å². The Kier molecular flexibility index (Phi) is 7.72. The van der Waals surface area contributed by atoms with Crippen LogP contribution in [0.15, 0.2) is 0 Å². The van der Waals surface area contributed by atoms with Gasteiger partial charge >= 0.3 is 5.97 Å². The Morgan fingerprint density at radius 2 is 1.76 bits per heavy atom. The van der Waals surface area contributed by atoms with Gasteiger partial charge in [0.1, 0.15) is 6.61 Å². The highest BCUT2D eigenvalue weighted by Crippen LogP contribution is 2.26. The van der Waals surface area contributed by atoms with Gasteiger partial charge in [-0.3, -0.25) is 9.59 Å². The SMILES string of the molecule is CC(C)CCC(C)NC(=O)COC1CCC(C(=O)O)CC1. The molecule has 0 saturated heterocycles. The predicted octanol–water partition coefficient (Wildman–Crippen LogP) is 2.59. The van der Waals surface area contributed by atoms with Crippen LogP contribution < -0.4 is 5.32 Å². The van der Waals surface area contributed by atoms with Crippen LogP contribution in [0.25, 0.3) is 0 Å². The van der Waals surface area contributed by atoms with Crippen molar-refractivity contribution in [3.05, 3.63) is 0 Å². The van der Waals surface area contributed by atoms with Gasteiger partial charge < -0.3 is 15.2 Å². The summed E-state index contributed by atoms with van der Waals surface area (Å²) in [6, 6.07) is 0.172. The molecule has 0 spiro atoms. The molecule has 1 aliphatic carbocycles. The molecule has 2 N–H and O–H groups in total. The predicted molar refractivity (Wildman–Crippen MR) is 81.0 cm³/mol. The van der Waals surface area contributed by atoms with E-state index < -0.39 is 5.97 Å². The molecular weight excluding hydrogens is 270 g/mol. The summed E-state index contributed by atoms with van der Waals surface area (Å²) in [4.78, 5) is 22.6. The standard InChI is InChI=1S/C16H29NO4/c1-11(2)4-5-12(3)17-15(18)10-21-14-8-6-13(7-9-14)16(19)20/h11-14H,4-10H2,1-3H3,(H,17,18)(H,19,20). The summed E-state index contributed by atoms with van der Waals surface area (Å²) in [7, 11) is 0. The number of aliphatic carboxylic acids is 1. The molecule has 1 rings (SSSR count). The van der Waals surface area contributed by atoms with Gasteiger partial charge in [-0.1, -0.05) is 13.8 Å². The molecule has 0 aromatic rings. The molecular formula is C16H29NO4. The Morgan fingerprint density at radius 1 is 1.14 bits per heavy atom. The second kappa shape index (κ2) is 9.03. The van der Waals surface area contributed by atoms with Gasteiger partial charge in [0.05, 0.1) is 12.0 Å². The van der Waals surface area contributed by atoms with Gasteiger partial charge in [0, 0.05) is 6.04 Å². The number of carboxylic acid groups (broad SMARTS) is 1. The Bertz CT molecular complexity index is 335. The zero-order valence-corrected chi connectivity index (χ0v) is 13.4. The minimum Gasteiger partial charge on any atom is -0.481 e. The molecule has 0 heterocycles. The summed E-state index contributed by atoms with van der Waals surface area (Å²) in [6.45, 7) is 6.43. The van der Waals surface area contributed by atoms with Crippen LogP contribution in [-0.4, -0.2) is 35.7 Å². The summed E-state index contributed by atoms with van der Waals surface area (Å²) in [5.41, 5.74) is 0. The molecule has 1 atom stereocenters. The first kappa shape index (κ1) is 18.0. The van der Waals surface area contributed by atoms with E-state index in [-0.39, 0.29) is 30.6 Å². The normalized spacial score (nSPS) is 23.8. The Balaban J connectivity index is 2.15. The lowest BCUT2D eigenvalue weighted by atomic mass is 9.87. The molecule has 5 heteroatoms. The first-order chi connectivity index (χ1) is 9.88. The molecule has 0 aromatic heterocycles. The van der Waals surface area contributed by atoms with E-state index in [1.807, 2.05) is 6.92 Å². The maximum absolute atomic E-state index is 11.8. The Labute approximate surface area is 127 Å². The van der Waals surface area contributed by atoms with Crippen molar-refractivity contribution in [3.63, 3.8) is 0 Å². The van der Waals surface area contributed by atoms with Crippen LogP contribution in [-0.2, 0) is 14.3 Å². The maximum Gasteiger partial charge on any atom is 0.306 e.